The van der Waals surface area contributed by atoms with Crippen LogP contribution in [0.3, 0.4) is 0 Å². The van der Waals surface area contributed by atoms with Gasteiger partial charge >= 0.3 is 11.9 Å². The molecule has 2 aliphatic rings. The third-order valence-electron chi connectivity index (χ3n) is 4.52. The van der Waals surface area contributed by atoms with E-state index in [4.69, 9.17) is 21.1 Å². The van der Waals surface area contributed by atoms with Gasteiger partial charge in [-0.1, -0.05) is 11.6 Å². The Bertz CT molecular complexity index is 588. The second kappa shape index (κ2) is 10.9. The van der Waals surface area contributed by atoms with Gasteiger partial charge in [0.1, 0.15) is 11.7 Å². The summed E-state index contributed by atoms with van der Waals surface area (Å²) in [5.41, 5.74) is -0.274. The number of ketones is 1. The Balaban J connectivity index is 0.000000307. The summed E-state index contributed by atoms with van der Waals surface area (Å²) >= 11 is 6.41. The lowest BCUT2D eigenvalue weighted by atomic mass is 10.0. The van der Waals surface area contributed by atoms with Gasteiger partial charge < -0.3 is 9.47 Å². The van der Waals surface area contributed by atoms with E-state index in [9.17, 15) is 14.4 Å². The van der Waals surface area contributed by atoms with Gasteiger partial charge in [0.2, 0.25) is 0 Å². The first-order valence-electron chi connectivity index (χ1n) is 10.0. The number of hydrogen-bond donors (Lipinski definition) is 0. The number of halogens is 1. The maximum absolute atomic E-state index is 11.8. The highest BCUT2D eigenvalue weighted by molar-refractivity contribution is 6.25. The standard InChI is InChI=1S/C12H21ClN2O2.C8H12O3/c1-5-17-10(16)9-7-6-8-12(9,13)15-14-11(2,3)4;1-2-11-8(10)6-4-3-5-7(6)9/h9H,5-8H2,1-4H3;6H,2-5H2,1H3. The van der Waals surface area contributed by atoms with Gasteiger partial charge in [0, 0.05) is 6.42 Å². The van der Waals surface area contributed by atoms with E-state index in [1.807, 2.05) is 20.8 Å². The molecule has 0 aromatic carbocycles. The van der Waals surface area contributed by atoms with Crippen LogP contribution in [-0.2, 0) is 23.9 Å². The molecule has 0 amide bonds. The van der Waals surface area contributed by atoms with Crippen LogP contribution in [0.15, 0.2) is 10.2 Å². The Hall–Kier alpha value is -1.50. The van der Waals surface area contributed by atoms with Crippen molar-refractivity contribution in [3.8, 4) is 0 Å². The highest BCUT2D eigenvalue weighted by atomic mass is 35.5. The Morgan fingerprint density at radius 2 is 1.71 bits per heavy atom. The SMILES string of the molecule is CCOC(=O)C1CCCC1(Cl)N=NC(C)(C)C.CCOC(=O)C1CCCC1=O. The highest BCUT2D eigenvalue weighted by Crippen LogP contribution is 2.43. The van der Waals surface area contributed by atoms with Crippen LogP contribution in [0.2, 0.25) is 0 Å². The van der Waals surface area contributed by atoms with Gasteiger partial charge in [-0.2, -0.15) is 10.2 Å². The molecule has 0 saturated heterocycles. The third kappa shape index (κ3) is 7.49. The minimum absolute atomic E-state index is 0.0449. The molecule has 8 heteroatoms. The molecule has 3 atom stereocenters. The summed E-state index contributed by atoms with van der Waals surface area (Å²) < 4.78 is 9.76. The van der Waals surface area contributed by atoms with Crippen LogP contribution >= 0.6 is 11.6 Å². The van der Waals surface area contributed by atoms with Crippen LogP contribution < -0.4 is 0 Å². The largest absolute Gasteiger partial charge is 0.466 e. The molecule has 2 fully saturated rings. The molecule has 0 spiro atoms. The van der Waals surface area contributed by atoms with Crippen LogP contribution in [0.1, 0.15) is 73.1 Å². The second-order valence-corrected chi connectivity index (χ2v) is 8.70. The van der Waals surface area contributed by atoms with E-state index in [2.05, 4.69) is 10.2 Å². The van der Waals surface area contributed by atoms with Gasteiger partial charge in [0.25, 0.3) is 0 Å². The van der Waals surface area contributed by atoms with E-state index < -0.39 is 10.9 Å². The Labute approximate surface area is 172 Å². The van der Waals surface area contributed by atoms with Crippen molar-refractivity contribution in [2.75, 3.05) is 13.2 Å². The van der Waals surface area contributed by atoms with E-state index in [1.165, 1.54) is 0 Å². The molecular formula is C20H33ClN2O5. The Kier molecular flexibility index (Phi) is 9.54. The van der Waals surface area contributed by atoms with Gasteiger partial charge in [-0.05, 0) is 66.7 Å². The molecule has 0 heterocycles. The number of carbonyl (C=O) groups excluding carboxylic acids is 3. The molecule has 0 aromatic rings. The number of rotatable bonds is 5. The summed E-state index contributed by atoms with van der Waals surface area (Å²) in [5, 5.41) is 8.39. The summed E-state index contributed by atoms with van der Waals surface area (Å²) in [4.78, 5) is 32.9. The van der Waals surface area contributed by atoms with E-state index in [0.717, 1.165) is 19.3 Å². The van der Waals surface area contributed by atoms with Crippen LogP contribution in [0.25, 0.3) is 0 Å². The zero-order valence-electron chi connectivity index (χ0n) is 17.6. The van der Waals surface area contributed by atoms with Crippen molar-refractivity contribution in [2.24, 2.45) is 22.1 Å². The minimum Gasteiger partial charge on any atom is -0.466 e. The minimum atomic E-state index is -0.903. The first kappa shape index (κ1) is 24.5. The van der Waals surface area contributed by atoms with Crippen molar-refractivity contribution >= 4 is 29.3 Å². The molecule has 3 unspecified atom stereocenters. The number of alkyl halides is 1. The Morgan fingerprint density at radius 1 is 1.11 bits per heavy atom. The van der Waals surface area contributed by atoms with E-state index in [1.54, 1.807) is 13.8 Å². The van der Waals surface area contributed by atoms with Crippen molar-refractivity contribution in [3.05, 3.63) is 0 Å². The average Bonchev–Trinajstić information content (AvgIpc) is 3.20. The first-order chi connectivity index (χ1) is 13.0. The normalized spacial score (nSPS) is 27.4. The Morgan fingerprint density at radius 3 is 2.21 bits per heavy atom. The van der Waals surface area contributed by atoms with Crippen molar-refractivity contribution < 1.29 is 23.9 Å². The number of nitrogens with zero attached hydrogens (tertiary/aromatic N) is 2. The first-order valence-corrected chi connectivity index (χ1v) is 10.4. The molecule has 2 rings (SSSR count). The fourth-order valence-electron chi connectivity index (χ4n) is 3.15. The number of azo groups is 1. The fourth-order valence-corrected chi connectivity index (χ4v) is 3.52. The number of hydrogen-bond acceptors (Lipinski definition) is 7. The number of Topliss-reactive ketones (excluding diaryl/α,β-unsaturated/α-hetero) is 1. The van der Waals surface area contributed by atoms with Crippen molar-refractivity contribution in [1.29, 1.82) is 0 Å². The molecule has 7 nitrogen and oxygen atoms in total. The molecule has 160 valence electrons. The summed E-state index contributed by atoms with van der Waals surface area (Å²) in [6, 6.07) is 0. The quantitative estimate of drug-likeness (QED) is 0.217. The molecule has 0 radical (unpaired) electrons. The second-order valence-electron chi connectivity index (χ2n) is 8.05. The topological polar surface area (TPSA) is 94.4 Å². The van der Waals surface area contributed by atoms with E-state index >= 15 is 0 Å². The lowest BCUT2D eigenvalue weighted by Gasteiger charge is -2.23. The van der Waals surface area contributed by atoms with E-state index in [0.29, 0.717) is 32.5 Å². The molecule has 2 aliphatic carbocycles. The predicted octanol–water partition coefficient (Wildman–Crippen LogP) is 4.45. The third-order valence-corrected chi connectivity index (χ3v) is 5.05. The lowest BCUT2D eigenvalue weighted by Crippen LogP contribution is -2.32. The van der Waals surface area contributed by atoms with Gasteiger partial charge in [-0.15, -0.1) is 0 Å². The molecule has 0 aromatic heterocycles. The summed E-state index contributed by atoms with van der Waals surface area (Å²) in [6.45, 7) is 10.1. The molecule has 28 heavy (non-hydrogen) atoms. The zero-order valence-corrected chi connectivity index (χ0v) is 18.4. The molecule has 2 saturated carbocycles. The van der Waals surface area contributed by atoms with Crippen molar-refractivity contribution in [2.45, 2.75) is 83.7 Å². The molecule has 0 bridgehead atoms. The van der Waals surface area contributed by atoms with Gasteiger partial charge in [-0.3, -0.25) is 14.4 Å². The highest BCUT2D eigenvalue weighted by Gasteiger charge is 2.47. The monoisotopic (exact) mass is 416 g/mol. The van der Waals surface area contributed by atoms with Crippen LogP contribution in [-0.4, -0.2) is 41.5 Å². The predicted molar refractivity (Wildman–Crippen MR) is 106 cm³/mol. The molecular weight excluding hydrogens is 384 g/mol. The summed E-state index contributed by atoms with van der Waals surface area (Å²) in [5.74, 6) is -1.36. The maximum atomic E-state index is 11.8. The lowest BCUT2D eigenvalue weighted by molar-refractivity contribution is -0.151. The summed E-state index contributed by atoms with van der Waals surface area (Å²) in [6.07, 6.45) is 4.35. The summed E-state index contributed by atoms with van der Waals surface area (Å²) in [7, 11) is 0. The van der Waals surface area contributed by atoms with Gasteiger partial charge in [0.05, 0.1) is 24.7 Å². The van der Waals surface area contributed by atoms with Gasteiger partial charge in [0.15, 0.2) is 5.00 Å². The zero-order chi connectivity index (χ0) is 21.4. The molecule has 0 aliphatic heterocycles. The number of carbonyl (C=O) groups is 3. The van der Waals surface area contributed by atoms with Crippen LogP contribution in [0.4, 0.5) is 0 Å². The number of esters is 2. The smallest absolute Gasteiger partial charge is 0.316 e. The average molecular weight is 417 g/mol. The van der Waals surface area contributed by atoms with Gasteiger partial charge in [-0.25, -0.2) is 0 Å². The van der Waals surface area contributed by atoms with Crippen LogP contribution in [0.5, 0.6) is 0 Å². The maximum Gasteiger partial charge on any atom is 0.316 e. The van der Waals surface area contributed by atoms with E-state index in [-0.39, 0.29) is 29.2 Å². The van der Waals surface area contributed by atoms with Crippen molar-refractivity contribution in [3.63, 3.8) is 0 Å². The van der Waals surface area contributed by atoms with Crippen molar-refractivity contribution in [1.82, 2.24) is 0 Å². The molecule has 0 N–H and O–H groups in total. The van der Waals surface area contributed by atoms with Crippen LogP contribution in [0, 0.1) is 11.8 Å². The fraction of sp³-hybridized carbons (Fsp3) is 0.850. The number of ether oxygens (including phenoxy) is 2.